The van der Waals surface area contributed by atoms with Crippen molar-refractivity contribution in [2.75, 3.05) is 17.7 Å². The minimum absolute atomic E-state index is 0.0778. The quantitative estimate of drug-likeness (QED) is 0.813. The number of benzene rings is 2. The van der Waals surface area contributed by atoms with Gasteiger partial charge in [-0.05, 0) is 35.4 Å². The Hall–Kier alpha value is -3.61. The van der Waals surface area contributed by atoms with Gasteiger partial charge in [-0.1, -0.05) is 24.3 Å². The lowest BCUT2D eigenvalue weighted by Crippen LogP contribution is -2.33. The minimum atomic E-state index is -0.404. The van der Waals surface area contributed by atoms with Gasteiger partial charge >= 0.3 is 0 Å². The number of rotatable bonds is 5. The molecule has 0 fully saturated rings. The maximum absolute atomic E-state index is 12.8. The number of nitrogens with zero attached hydrogens (tertiary/aromatic N) is 1. The maximum Gasteiger partial charge on any atom is 0.226 e. The molecule has 1 aliphatic rings. The summed E-state index contributed by atoms with van der Waals surface area (Å²) in [4.78, 5) is 37.8. The van der Waals surface area contributed by atoms with Gasteiger partial charge in [-0.25, -0.2) is 0 Å². The summed E-state index contributed by atoms with van der Waals surface area (Å²) in [6.45, 7) is 2.88. The molecular weight excluding hydrogens is 370 g/mol. The fourth-order valence-corrected chi connectivity index (χ4v) is 3.38. The lowest BCUT2D eigenvalue weighted by atomic mass is 9.93. The number of ether oxygens (including phenoxy) is 1. The van der Waals surface area contributed by atoms with Crippen molar-refractivity contribution in [2.45, 2.75) is 26.3 Å². The summed E-state index contributed by atoms with van der Waals surface area (Å²) in [7, 11) is 1.50. The van der Waals surface area contributed by atoms with Crippen LogP contribution in [0.4, 0.5) is 11.4 Å². The number of carbonyl (C=O) groups excluding carboxylic acids is 3. The predicted octanol–water partition coefficient (Wildman–Crippen LogP) is 3.56. The second-order valence-electron chi connectivity index (χ2n) is 6.74. The van der Waals surface area contributed by atoms with Crippen LogP contribution in [0.2, 0.25) is 0 Å². The smallest absolute Gasteiger partial charge is 0.226 e. The molecular formula is C22H23N3O4. The van der Waals surface area contributed by atoms with Crippen LogP contribution in [0.25, 0.3) is 6.08 Å². The van der Waals surface area contributed by atoms with Crippen molar-refractivity contribution in [1.29, 1.82) is 0 Å². The van der Waals surface area contributed by atoms with E-state index in [1.165, 1.54) is 21.0 Å². The Morgan fingerprint density at radius 1 is 1.07 bits per heavy atom. The number of hydrogen-bond acceptors (Lipinski definition) is 4. The van der Waals surface area contributed by atoms with Crippen LogP contribution < -0.4 is 15.4 Å². The van der Waals surface area contributed by atoms with Gasteiger partial charge in [-0.3, -0.25) is 14.4 Å². The van der Waals surface area contributed by atoms with Gasteiger partial charge in [0.25, 0.3) is 0 Å². The zero-order valence-corrected chi connectivity index (χ0v) is 16.6. The van der Waals surface area contributed by atoms with Crippen molar-refractivity contribution < 1.29 is 19.1 Å². The lowest BCUT2D eigenvalue weighted by molar-refractivity contribution is -0.129. The Morgan fingerprint density at radius 2 is 1.83 bits per heavy atom. The van der Waals surface area contributed by atoms with Crippen molar-refractivity contribution in [1.82, 2.24) is 4.90 Å². The Bertz CT molecular complexity index is 984. The van der Waals surface area contributed by atoms with E-state index >= 15 is 0 Å². The number of carbonyl (C=O) groups is 3. The van der Waals surface area contributed by atoms with E-state index in [-0.39, 0.29) is 24.1 Å². The molecule has 0 bridgehead atoms. The van der Waals surface area contributed by atoms with Crippen molar-refractivity contribution >= 4 is 35.2 Å². The largest absolute Gasteiger partial charge is 0.495 e. The van der Waals surface area contributed by atoms with Crippen LogP contribution in [0, 0.1) is 0 Å². The second-order valence-corrected chi connectivity index (χ2v) is 6.74. The Labute approximate surface area is 169 Å². The van der Waals surface area contributed by atoms with Gasteiger partial charge in [-0.15, -0.1) is 0 Å². The third-order valence-corrected chi connectivity index (χ3v) is 4.64. The number of methoxy groups -OCH3 is 1. The SMILES string of the molecule is COc1ccc(NC(C)=O)cc1NC(=O)CC1c2ccccc2C=CN1C(C)=O. The van der Waals surface area contributed by atoms with E-state index in [2.05, 4.69) is 10.6 Å². The van der Waals surface area contributed by atoms with Gasteiger partial charge in [0, 0.05) is 25.7 Å². The molecule has 0 spiro atoms. The molecule has 7 nitrogen and oxygen atoms in total. The number of nitrogens with one attached hydrogen (secondary N) is 2. The van der Waals surface area contributed by atoms with Crippen LogP contribution in [-0.2, 0) is 14.4 Å². The molecule has 1 aliphatic heterocycles. The highest BCUT2D eigenvalue weighted by atomic mass is 16.5. The fourth-order valence-electron chi connectivity index (χ4n) is 3.38. The molecule has 3 rings (SSSR count). The third-order valence-electron chi connectivity index (χ3n) is 4.64. The van der Waals surface area contributed by atoms with E-state index in [9.17, 15) is 14.4 Å². The van der Waals surface area contributed by atoms with Gasteiger partial charge in [0.05, 0.1) is 25.3 Å². The van der Waals surface area contributed by atoms with Crippen LogP contribution in [0.5, 0.6) is 5.75 Å². The molecule has 1 atom stereocenters. The van der Waals surface area contributed by atoms with Gasteiger partial charge < -0.3 is 20.3 Å². The van der Waals surface area contributed by atoms with Crippen LogP contribution in [0.1, 0.15) is 37.4 Å². The van der Waals surface area contributed by atoms with E-state index in [0.29, 0.717) is 17.1 Å². The first kappa shape index (κ1) is 20.1. The van der Waals surface area contributed by atoms with Crippen molar-refractivity contribution in [3.63, 3.8) is 0 Å². The number of amides is 3. The van der Waals surface area contributed by atoms with Gasteiger partial charge in [0.1, 0.15) is 5.75 Å². The normalized spacial score (nSPS) is 14.7. The topological polar surface area (TPSA) is 87.7 Å². The average Bonchev–Trinajstić information content (AvgIpc) is 2.67. The van der Waals surface area contributed by atoms with E-state index in [1.807, 2.05) is 30.3 Å². The Morgan fingerprint density at radius 3 is 2.52 bits per heavy atom. The first-order valence-corrected chi connectivity index (χ1v) is 9.20. The van der Waals surface area contributed by atoms with E-state index in [0.717, 1.165) is 11.1 Å². The average molecular weight is 393 g/mol. The summed E-state index contributed by atoms with van der Waals surface area (Å²) < 4.78 is 5.31. The zero-order valence-electron chi connectivity index (χ0n) is 16.6. The molecule has 0 saturated heterocycles. The summed E-state index contributed by atoms with van der Waals surface area (Å²) in [5.74, 6) is -0.154. The monoisotopic (exact) mass is 393 g/mol. The second kappa shape index (κ2) is 8.60. The summed E-state index contributed by atoms with van der Waals surface area (Å²) in [5, 5.41) is 5.51. The minimum Gasteiger partial charge on any atom is -0.495 e. The Kier molecular flexibility index (Phi) is 5.97. The van der Waals surface area contributed by atoms with E-state index in [4.69, 9.17) is 4.74 Å². The predicted molar refractivity (Wildman–Crippen MR) is 111 cm³/mol. The summed E-state index contributed by atoms with van der Waals surface area (Å²) in [6, 6.07) is 12.3. The highest BCUT2D eigenvalue weighted by molar-refractivity contribution is 5.95. The van der Waals surface area contributed by atoms with Gasteiger partial charge in [0.15, 0.2) is 0 Å². The number of fused-ring (bicyclic) bond motifs is 1. The molecule has 150 valence electrons. The number of hydrogen-bond donors (Lipinski definition) is 2. The molecule has 7 heteroatoms. The van der Waals surface area contributed by atoms with Crippen LogP contribution >= 0.6 is 0 Å². The number of anilines is 2. The van der Waals surface area contributed by atoms with Gasteiger partial charge in [0.2, 0.25) is 17.7 Å². The first-order chi connectivity index (χ1) is 13.9. The highest BCUT2D eigenvalue weighted by Crippen LogP contribution is 2.34. The summed E-state index contributed by atoms with van der Waals surface area (Å²) >= 11 is 0. The van der Waals surface area contributed by atoms with Crippen molar-refractivity contribution in [3.05, 3.63) is 59.8 Å². The van der Waals surface area contributed by atoms with E-state index in [1.54, 1.807) is 29.3 Å². The zero-order chi connectivity index (χ0) is 21.0. The Balaban J connectivity index is 1.83. The molecule has 2 N–H and O–H groups in total. The first-order valence-electron chi connectivity index (χ1n) is 9.20. The molecule has 0 saturated carbocycles. The third kappa shape index (κ3) is 4.63. The molecule has 0 aromatic heterocycles. The van der Waals surface area contributed by atoms with E-state index < -0.39 is 6.04 Å². The van der Waals surface area contributed by atoms with Crippen LogP contribution in [0.3, 0.4) is 0 Å². The molecule has 29 heavy (non-hydrogen) atoms. The van der Waals surface area contributed by atoms with Gasteiger partial charge in [-0.2, -0.15) is 0 Å². The lowest BCUT2D eigenvalue weighted by Gasteiger charge is -2.32. The molecule has 2 aromatic rings. The van der Waals surface area contributed by atoms with Crippen LogP contribution in [-0.4, -0.2) is 29.7 Å². The van der Waals surface area contributed by atoms with Crippen molar-refractivity contribution in [2.24, 2.45) is 0 Å². The highest BCUT2D eigenvalue weighted by Gasteiger charge is 2.28. The summed E-state index contributed by atoms with van der Waals surface area (Å²) in [6.07, 6.45) is 3.65. The fraction of sp³-hybridized carbons (Fsp3) is 0.227. The molecule has 2 aromatic carbocycles. The van der Waals surface area contributed by atoms with Crippen molar-refractivity contribution in [3.8, 4) is 5.75 Å². The standard InChI is InChI=1S/C22H23N3O4/c1-14(26)23-17-8-9-21(29-3)19(12-17)24-22(28)13-20-18-7-5-4-6-16(18)10-11-25(20)15(2)27/h4-12,20H,13H2,1-3H3,(H,23,26)(H,24,28). The molecule has 3 amide bonds. The molecule has 1 unspecified atom stereocenters. The molecule has 0 aliphatic carbocycles. The summed E-state index contributed by atoms with van der Waals surface area (Å²) in [5.41, 5.74) is 2.88. The molecule has 1 heterocycles. The molecule has 0 radical (unpaired) electrons. The van der Waals surface area contributed by atoms with Crippen LogP contribution in [0.15, 0.2) is 48.7 Å². The maximum atomic E-state index is 12.8.